The molecular weight excluding hydrogens is 687 g/mol. The van der Waals surface area contributed by atoms with Gasteiger partial charge in [0.15, 0.2) is 0 Å². The number of halogens is 2. The van der Waals surface area contributed by atoms with E-state index in [1.165, 1.54) is 14.2 Å². The van der Waals surface area contributed by atoms with E-state index in [1.54, 1.807) is 82.4 Å². The summed E-state index contributed by atoms with van der Waals surface area (Å²) in [6, 6.07) is 21.1. The van der Waals surface area contributed by atoms with Crippen molar-refractivity contribution in [1.82, 2.24) is 18.8 Å². The van der Waals surface area contributed by atoms with Crippen molar-refractivity contribution in [2.45, 2.75) is 12.8 Å². The Morgan fingerprint density at radius 3 is 1.34 bits per heavy atom. The lowest BCUT2D eigenvalue weighted by Crippen LogP contribution is -2.03. The third-order valence-corrected chi connectivity index (χ3v) is 7.54. The van der Waals surface area contributed by atoms with Crippen LogP contribution in [0, 0.1) is 0 Å². The minimum Gasteiger partial charge on any atom is -0.494 e. The van der Waals surface area contributed by atoms with E-state index in [0.29, 0.717) is 59.4 Å². The lowest BCUT2D eigenvalue weighted by molar-refractivity contribution is 0.0591. The SMILES string of the molecule is COC(=O)c1cc(Oc2ccc(OCCCCl)cc2)n2cncc2c1.COC(=O)c1cc(Oc2ccc(OCCCCl)cc2)n2cncc2c1. The number of carbonyl (C=O) groups excluding carboxylic acids is 2. The van der Waals surface area contributed by atoms with Gasteiger partial charge in [0, 0.05) is 23.9 Å². The molecule has 0 aliphatic rings. The lowest BCUT2D eigenvalue weighted by atomic mass is 10.2. The summed E-state index contributed by atoms with van der Waals surface area (Å²) in [4.78, 5) is 31.8. The topological polar surface area (TPSA) is 124 Å². The van der Waals surface area contributed by atoms with Crippen LogP contribution < -0.4 is 18.9 Å². The second-order valence-electron chi connectivity index (χ2n) is 10.5. The molecular formula is C36H34Cl2N4O8. The molecule has 0 saturated carbocycles. The number of esters is 2. The minimum absolute atomic E-state index is 0.395. The maximum absolute atomic E-state index is 11.8. The third kappa shape index (κ3) is 9.36. The van der Waals surface area contributed by atoms with E-state index in [2.05, 4.69) is 9.97 Å². The first-order chi connectivity index (χ1) is 24.4. The van der Waals surface area contributed by atoms with E-state index in [9.17, 15) is 9.59 Å². The van der Waals surface area contributed by atoms with Gasteiger partial charge in [-0.25, -0.2) is 19.6 Å². The van der Waals surface area contributed by atoms with Gasteiger partial charge in [0.2, 0.25) is 11.8 Å². The van der Waals surface area contributed by atoms with Crippen LogP contribution in [0.2, 0.25) is 0 Å². The van der Waals surface area contributed by atoms with E-state index < -0.39 is 11.9 Å². The van der Waals surface area contributed by atoms with Gasteiger partial charge in [0.25, 0.3) is 0 Å². The van der Waals surface area contributed by atoms with Crippen molar-refractivity contribution in [2.24, 2.45) is 0 Å². The van der Waals surface area contributed by atoms with Crippen LogP contribution in [-0.2, 0) is 9.47 Å². The van der Waals surface area contributed by atoms with Gasteiger partial charge >= 0.3 is 11.9 Å². The molecule has 0 atom stereocenters. The number of ether oxygens (including phenoxy) is 6. The van der Waals surface area contributed by atoms with Crippen molar-refractivity contribution in [3.8, 4) is 34.8 Å². The molecule has 0 aliphatic heterocycles. The average Bonchev–Trinajstić information content (AvgIpc) is 3.83. The van der Waals surface area contributed by atoms with Gasteiger partial charge in [0.1, 0.15) is 35.7 Å². The van der Waals surface area contributed by atoms with Gasteiger partial charge < -0.3 is 28.4 Å². The van der Waals surface area contributed by atoms with Crippen molar-refractivity contribution in [2.75, 3.05) is 39.2 Å². The number of alkyl halides is 2. The summed E-state index contributed by atoms with van der Waals surface area (Å²) in [5, 5.41) is 0. The molecule has 2 aromatic carbocycles. The molecule has 0 amide bonds. The zero-order valence-corrected chi connectivity index (χ0v) is 28.8. The molecule has 0 unspecified atom stereocenters. The highest BCUT2D eigenvalue weighted by atomic mass is 35.5. The fourth-order valence-electron chi connectivity index (χ4n) is 4.57. The molecule has 0 spiro atoms. The Bertz CT molecular complexity index is 1870. The standard InChI is InChI=1S/2C18H17ClN2O4/c2*1-23-18(22)13-9-14-11-20-12-21(14)17(10-13)25-16-5-3-15(4-6-16)24-8-2-7-19/h2*3-6,9-12H,2,7-8H2,1H3. The van der Waals surface area contributed by atoms with E-state index in [4.69, 9.17) is 51.6 Å². The van der Waals surface area contributed by atoms with E-state index in [-0.39, 0.29) is 0 Å². The molecule has 0 aliphatic carbocycles. The molecule has 12 nitrogen and oxygen atoms in total. The number of benzene rings is 2. The highest BCUT2D eigenvalue weighted by molar-refractivity contribution is 6.18. The molecule has 0 fully saturated rings. The number of carbonyl (C=O) groups is 2. The van der Waals surface area contributed by atoms with Crippen LogP contribution in [0.15, 0.2) is 97.8 Å². The van der Waals surface area contributed by atoms with E-state index in [1.807, 2.05) is 24.3 Å². The third-order valence-electron chi connectivity index (χ3n) is 7.00. The Hall–Kier alpha value is -5.46. The van der Waals surface area contributed by atoms with Crippen LogP contribution in [0.25, 0.3) is 11.0 Å². The fourth-order valence-corrected chi connectivity index (χ4v) is 4.78. The summed E-state index contributed by atoms with van der Waals surface area (Å²) in [6.07, 6.45) is 8.11. The summed E-state index contributed by atoms with van der Waals surface area (Å²) in [5.41, 5.74) is 2.26. The van der Waals surface area contributed by atoms with Crippen molar-refractivity contribution < 1.29 is 38.0 Å². The second kappa shape index (κ2) is 17.8. The maximum atomic E-state index is 11.8. The van der Waals surface area contributed by atoms with Crippen molar-refractivity contribution in [3.05, 3.63) is 109 Å². The highest BCUT2D eigenvalue weighted by Crippen LogP contribution is 2.28. The molecule has 50 heavy (non-hydrogen) atoms. The molecule has 0 saturated heterocycles. The minimum atomic E-state index is -0.434. The van der Waals surface area contributed by atoms with Crippen molar-refractivity contribution in [1.29, 1.82) is 0 Å². The van der Waals surface area contributed by atoms with Gasteiger partial charge in [0.05, 0.1) is 62.0 Å². The number of aromatic nitrogens is 4. The summed E-state index contributed by atoms with van der Waals surface area (Å²) < 4.78 is 36.0. The van der Waals surface area contributed by atoms with E-state index >= 15 is 0 Å². The van der Waals surface area contributed by atoms with Crippen LogP contribution in [0.5, 0.6) is 34.8 Å². The number of hydrogen-bond acceptors (Lipinski definition) is 10. The molecule has 14 heteroatoms. The zero-order chi connectivity index (χ0) is 35.3. The zero-order valence-electron chi connectivity index (χ0n) is 27.3. The first-order valence-corrected chi connectivity index (χ1v) is 16.5. The number of rotatable bonds is 14. The van der Waals surface area contributed by atoms with Gasteiger partial charge in [-0.1, -0.05) is 0 Å². The van der Waals surface area contributed by atoms with Crippen LogP contribution >= 0.6 is 23.2 Å². The molecule has 4 heterocycles. The molecule has 4 aromatic heterocycles. The smallest absolute Gasteiger partial charge is 0.338 e. The van der Waals surface area contributed by atoms with Crippen molar-refractivity contribution in [3.63, 3.8) is 0 Å². The summed E-state index contributed by atoms with van der Waals surface area (Å²) in [6.45, 7) is 1.14. The van der Waals surface area contributed by atoms with Gasteiger partial charge in [-0.2, -0.15) is 0 Å². The number of nitrogens with zero attached hydrogens (tertiary/aromatic N) is 4. The molecule has 260 valence electrons. The van der Waals surface area contributed by atoms with Crippen LogP contribution in [0.4, 0.5) is 0 Å². The first-order valence-electron chi connectivity index (χ1n) is 15.4. The number of imidazole rings is 2. The number of hydrogen-bond donors (Lipinski definition) is 0. The number of fused-ring (bicyclic) bond motifs is 2. The molecule has 0 N–H and O–H groups in total. The second-order valence-corrected chi connectivity index (χ2v) is 11.2. The Morgan fingerprint density at radius 2 is 0.980 bits per heavy atom. The molecule has 6 rings (SSSR count). The quantitative estimate of drug-likeness (QED) is 0.0624. The highest BCUT2D eigenvalue weighted by Gasteiger charge is 2.14. The van der Waals surface area contributed by atoms with Gasteiger partial charge in [-0.15, -0.1) is 23.2 Å². The molecule has 6 aromatic rings. The largest absolute Gasteiger partial charge is 0.494 e. The van der Waals surface area contributed by atoms with Gasteiger partial charge in [-0.05, 0) is 73.5 Å². The summed E-state index contributed by atoms with van der Waals surface area (Å²) in [7, 11) is 2.68. The fraction of sp³-hybridized carbons (Fsp3) is 0.222. The number of methoxy groups -OCH3 is 2. The molecule has 0 radical (unpaired) electrons. The monoisotopic (exact) mass is 720 g/mol. The Balaban J connectivity index is 0.000000194. The van der Waals surface area contributed by atoms with E-state index in [0.717, 1.165) is 35.4 Å². The van der Waals surface area contributed by atoms with Gasteiger partial charge in [-0.3, -0.25) is 8.80 Å². The predicted molar refractivity (Wildman–Crippen MR) is 188 cm³/mol. The normalized spacial score (nSPS) is 10.6. The predicted octanol–water partition coefficient (Wildman–Crippen LogP) is 7.84. The summed E-state index contributed by atoms with van der Waals surface area (Å²) >= 11 is 11.3. The molecule has 0 bridgehead atoms. The Kier molecular flexibility index (Phi) is 12.8. The average molecular weight is 722 g/mol. The van der Waals surface area contributed by atoms with Crippen LogP contribution in [-0.4, -0.2) is 69.9 Å². The first kappa shape index (κ1) is 35.8. The van der Waals surface area contributed by atoms with Crippen molar-refractivity contribution >= 4 is 46.2 Å². The van der Waals surface area contributed by atoms with Crippen LogP contribution in [0.1, 0.15) is 33.6 Å². The number of pyridine rings is 2. The Labute approximate surface area is 298 Å². The summed E-state index contributed by atoms with van der Waals surface area (Å²) in [5.74, 6) is 3.91. The maximum Gasteiger partial charge on any atom is 0.338 e. The Morgan fingerprint density at radius 1 is 0.600 bits per heavy atom. The van der Waals surface area contributed by atoms with Crippen LogP contribution in [0.3, 0.4) is 0 Å². The lowest BCUT2D eigenvalue weighted by Gasteiger charge is -2.11.